The van der Waals surface area contributed by atoms with E-state index in [9.17, 15) is 9.59 Å². The van der Waals surface area contributed by atoms with E-state index in [4.69, 9.17) is 4.74 Å². The summed E-state index contributed by atoms with van der Waals surface area (Å²) in [6.45, 7) is 3.51. The Bertz CT molecular complexity index is 1040. The molecule has 0 unspecified atom stereocenters. The van der Waals surface area contributed by atoms with Crippen LogP contribution >= 0.6 is 11.8 Å². The fourth-order valence-electron chi connectivity index (χ4n) is 3.02. The highest BCUT2D eigenvalue weighted by Crippen LogP contribution is 2.25. The predicted molar refractivity (Wildman–Crippen MR) is 124 cm³/mol. The number of nitrogens with zero attached hydrogens (tertiary/aromatic N) is 3. The van der Waals surface area contributed by atoms with Crippen molar-refractivity contribution in [3.8, 4) is 11.4 Å². The number of aryl methyl sites for hydroxylation is 1. The fourth-order valence-corrected chi connectivity index (χ4v) is 3.93. The van der Waals surface area contributed by atoms with Crippen LogP contribution in [0.5, 0.6) is 0 Å². The van der Waals surface area contributed by atoms with E-state index in [-0.39, 0.29) is 12.3 Å². The molecule has 0 bridgehead atoms. The molecule has 0 fully saturated rings. The molecule has 0 spiro atoms. The first kappa shape index (κ1) is 23.5. The highest BCUT2D eigenvalue weighted by Gasteiger charge is 2.15. The normalized spacial score (nSPS) is 10.7. The first-order chi connectivity index (χ1) is 15.6. The Morgan fingerprint density at radius 3 is 2.66 bits per heavy atom. The van der Waals surface area contributed by atoms with Crippen LogP contribution in [0, 0.1) is 6.92 Å². The summed E-state index contributed by atoms with van der Waals surface area (Å²) in [6, 6.07) is 17.1. The van der Waals surface area contributed by atoms with Crippen molar-refractivity contribution in [2.45, 2.75) is 31.6 Å². The first-order valence-electron chi connectivity index (χ1n) is 10.3. The molecule has 2 N–H and O–H groups in total. The number of hydrogen-bond acceptors (Lipinski definition) is 6. The molecule has 0 radical (unpaired) electrons. The number of benzene rings is 2. The van der Waals surface area contributed by atoms with Gasteiger partial charge in [0.05, 0.1) is 13.2 Å². The molecule has 8 nitrogen and oxygen atoms in total. The van der Waals surface area contributed by atoms with E-state index in [1.165, 1.54) is 11.8 Å². The van der Waals surface area contributed by atoms with Crippen molar-refractivity contribution >= 4 is 23.7 Å². The average molecular weight is 454 g/mol. The number of urea groups is 1. The van der Waals surface area contributed by atoms with E-state index in [1.807, 2.05) is 60.0 Å². The lowest BCUT2D eigenvalue weighted by Crippen LogP contribution is -2.39. The van der Waals surface area contributed by atoms with Gasteiger partial charge in [-0.05, 0) is 18.6 Å². The molecular formula is C23H27N5O3S. The monoisotopic (exact) mass is 453 g/mol. The van der Waals surface area contributed by atoms with E-state index >= 15 is 0 Å². The second-order valence-electron chi connectivity index (χ2n) is 7.14. The molecule has 2 aromatic carbocycles. The Kier molecular flexibility index (Phi) is 8.82. The number of thioether (sulfide) groups is 1. The summed E-state index contributed by atoms with van der Waals surface area (Å²) in [6.07, 6.45) is 0.181. The van der Waals surface area contributed by atoms with E-state index in [1.54, 1.807) is 7.11 Å². The molecule has 9 heteroatoms. The lowest BCUT2D eigenvalue weighted by molar-refractivity contribution is -0.119. The molecular weight excluding hydrogens is 426 g/mol. The van der Waals surface area contributed by atoms with Crippen LogP contribution in [0.15, 0.2) is 59.8 Å². The number of carbonyl (C=O) groups excluding carboxylic acids is 2. The Morgan fingerprint density at radius 2 is 1.91 bits per heavy atom. The van der Waals surface area contributed by atoms with Crippen molar-refractivity contribution in [2.24, 2.45) is 0 Å². The minimum Gasteiger partial charge on any atom is -0.383 e. The third-order valence-corrected chi connectivity index (χ3v) is 5.59. The molecule has 0 atom stereocenters. The van der Waals surface area contributed by atoms with Crippen LogP contribution in [0.1, 0.15) is 17.5 Å². The maximum absolute atomic E-state index is 12.1. The molecule has 3 aromatic rings. The highest BCUT2D eigenvalue weighted by atomic mass is 32.2. The topological polar surface area (TPSA) is 98.1 Å². The SMILES string of the molecule is COCCn1c(SCCC(=O)NC(=O)NCc2ccccc2)nnc1-c1cccc(C)c1. The standard InChI is InChI=1S/C23H27N5O3S/c1-17-7-6-10-19(15-17)21-26-27-23(28(21)12-13-31-2)32-14-11-20(29)25-22(30)24-16-18-8-4-3-5-9-18/h3-10,15H,11-14,16H2,1-2H3,(H2,24,25,29,30). The summed E-state index contributed by atoms with van der Waals surface area (Å²) < 4.78 is 7.23. The second-order valence-corrected chi connectivity index (χ2v) is 8.20. The number of hydrogen-bond donors (Lipinski definition) is 2. The van der Waals surface area contributed by atoms with E-state index in [2.05, 4.69) is 26.9 Å². The van der Waals surface area contributed by atoms with Crippen LogP contribution in [-0.2, 0) is 22.6 Å². The quantitative estimate of drug-likeness (QED) is 0.457. The fraction of sp³-hybridized carbons (Fsp3) is 0.304. The van der Waals surface area contributed by atoms with Crippen LogP contribution in [0.2, 0.25) is 0 Å². The zero-order chi connectivity index (χ0) is 22.8. The number of rotatable bonds is 10. The Balaban J connectivity index is 1.52. The molecule has 0 aliphatic rings. The zero-order valence-corrected chi connectivity index (χ0v) is 19.0. The van der Waals surface area contributed by atoms with Crippen molar-refractivity contribution in [2.75, 3.05) is 19.5 Å². The van der Waals surface area contributed by atoms with Crippen molar-refractivity contribution in [3.05, 3.63) is 65.7 Å². The number of amides is 3. The summed E-state index contributed by atoms with van der Waals surface area (Å²) in [7, 11) is 1.65. The largest absolute Gasteiger partial charge is 0.383 e. The third kappa shape index (κ3) is 6.93. The van der Waals surface area contributed by atoms with Gasteiger partial charge < -0.3 is 10.1 Å². The van der Waals surface area contributed by atoms with Crippen LogP contribution in [0.3, 0.4) is 0 Å². The number of nitrogens with one attached hydrogen (secondary N) is 2. The number of carbonyl (C=O) groups is 2. The molecule has 32 heavy (non-hydrogen) atoms. The molecule has 0 aliphatic heterocycles. The lowest BCUT2D eigenvalue weighted by Gasteiger charge is -2.10. The number of imide groups is 1. The first-order valence-corrected chi connectivity index (χ1v) is 11.3. The number of methoxy groups -OCH3 is 1. The van der Waals surface area contributed by atoms with Gasteiger partial charge >= 0.3 is 6.03 Å². The summed E-state index contributed by atoms with van der Waals surface area (Å²) in [4.78, 5) is 24.1. The van der Waals surface area contributed by atoms with E-state index in [0.717, 1.165) is 22.5 Å². The van der Waals surface area contributed by atoms with Gasteiger partial charge in [-0.15, -0.1) is 10.2 Å². The maximum Gasteiger partial charge on any atom is 0.321 e. The van der Waals surface area contributed by atoms with Crippen molar-refractivity contribution in [1.29, 1.82) is 0 Å². The van der Waals surface area contributed by atoms with E-state index in [0.29, 0.717) is 30.6 Å². The van der Waals surface area contributed by atoms with Gasteiger partial charge in [-0.3, -0.25) is 14.7 Å². The lowest BCUT2D eigenvalue weighted by atomic mass is 10.1. The number of aromatic nitrogens is 3. The molecule has 1 aromatic heterocycles. The van der Waals surface area contributed by atoms with Gasteiger partial charge in [0.15, 0.2) is 11.0 Å². The molecule has 168 valence electrons. The van der Waals surface area contributed by atoms with Crippen molar-refractivity contribution in [1.82, 2.24) is 25.4 Å². The minimum absolute atomic E-state index is 0.181. The van der Waals surface area contributed by atoms with Crippen LogP contribution in [-0.4, -0.2) is 46.2 Å². The summed E-state index contributed by atoms with van der Waals surface area (Å²) >= 11 is 1.42. The minimum atomic E-state index is -0.506. The van der Waals surface area contributed by atoms with Gasteiger partial charge in [0.25, 0.3) is 0 Å². The Hall–Kier alpha value is -3.17. The van der Waals surface area contributed by atoms with Crippen LogP contribution in [0.25, 0.3) is 11.4 Å². The van der Waals surface area contributed by atoms with Gasteiger partial charge in [0.2, 0.25) is 5.91 Å². The average Bonchev–Trinajstić information content (AvgIpc) is 3.19. The molecule has 0 aliphatic carbocycles. The van der Waals surface area contributed by atoms with Crippen LogP contribution < -0.4 is 10.6 Å². The predicted octanol–water partition coefficient (Wildman–Crippen LogP) is 3.41. The molecule has 0 saturated heterocycles. The van der Waals surface area contributed by atoms with Gasteiger partial charge in [0.1, 0.15) is 0 Å². The summed E-state index contributed by atoms with van der Waals surface area (Å²) in [5, 5.41) is 14.4. The van der Waals surface area contributed by atoms with Crippen LogP contribution in [0.4, 0.5) is 4.79 Å². The smallest absolute Gasteiger partial charge is 0.321 e. The Labute approximate surface area is 191 Å². The maximum atomic E-state index is 12.1. The highest BCUT2D eigenvalue weighted by molar-refractivity contribution is 7.99. The van der Waals surface area contributed by atoms with Crippen molar-refractivity contribution in [3.63, 3.8) is 0 Å². The van der Waals surface area contributed by atoms with Gasteiger partial charge in [-0.2, -0.15) is 0 Å². The third-order valence-electron chi connectivity index (χ3n) is 4.62. The summed E-state index contributed by atoms with van der Waals surface area (Å²) in [5.74, 6) is 0.888. The van der Waals surface area contributed by atoms with Gasteiger partial charge in [-0.25, -0.2) is 4.79 Å². The zero-order valence-electron chi connectivity index (χ0n) is 18.2. The molecule has 0 saturated carbocycles. The van der Waals surface area contributed by atoms with Gasteiger partial charge in [0, 0.05) is 31.4 Å². The molecule has 3 amide bonds. The van der Waals surface area contributed by atoms with E-state index < -0.39 is 6.03 Å². The summed E-state index contributed by atoms with van der Waals surface area (Å²) in [5.41, 5.74) is 3.08. The molecule has 1 heterocycles. The Morgan fingerprint density at radius 1 is 1.09 bits per heavy atom. The number of ether oxygens (including phenoxy) is 1. The second kappa shape index (κ2) is 12.0. The van der Waals surface area contributed by atoms with Crippen molar-refractivity contribution < 1.29 is 14.3 Å². The van der Waals surface area contributed by atoms with Gasteiger partial charge in [-0.1, -0.05) is 65.9 Å². The molecule has 3 rings (SSSR count).